The number of rotatable bonds is 7. The molecule has 1 aliphatic heterocycles. The third-order valence-corrected chi connectivity index (χ3v) is 6.13. The number of hydrogen-bond donors (Lipinski definition) is 2. The number of nitrogens with zero attached hydrogens (tertiary/aromatic N) is 2. The van der Waals surface area contributed by atoms with Crippen molar-refractivity contribution in [3.8, 4) is 11.1 Å². The van der Waals surface area contributed by atoms with E-state index in [0.29, 0.717) is 16.7 Å². The van der Waals surface area contributed by atoms with Gasteiger partial charge in [-0.15, -0.1) is 0 Å². The highest BCUT2D eigenvalue weighted by molar-refractivity contribution is 5.92. The molecule has 0 unspecified atom stereocenters. The average molecular weight is 587 g/mol. The molecule has 0 aliphatic carbocycles. The zero-order chi connectivity index (χ0) is 34.1. The molecule has 42 heavy (non-hydrogen) atoms. The van der Waals surface area contributed by atoms with E-state index in [0.717, 1.165) is 18.2 Å². The van der Waals surface area contributed by atoms with Crippen LogP contribution in [0.15, 0.2) is 60.8 Å². The van der Waals surface area contributed by atoms with E-state index in [4.69, 9.17) is 15.0 Å². The molecule has 1 aromatic heterocycles. The number of ether oxygens (including phenoxy) is 2. The van der Waals surface area contributed by atoms with Crippen LogP contribution in [0.2, 0.25) is 0 Å². The van der Waals surface area contributed by atoms with E-state index in [9.17, 15) is 22.8 Å². The maximum absolute atomic E-state index is 13.6. The Morgan fingerprint density at radius 1 is 1.12 bits per heavy atom. The van der Waals surface area contributed by atoms with Gasteiger partial charge in [0.2, 0.25) is 0 Å². The molecule has 2 N–H and O–H groups in total. The molecule has 222 valence electrons. The van der Waals surface area contributed by atoms with Gasteiger partial charge >= 0.3 is 12.3 Å². The number of alkyl carbamates (subject to hydrolysis) is 1. The molecule has 4 rings (SSSR count). The largest absolute Gasteiger partial charge is 0.444 e. The predicted molar refractivity (Wildman–Crippen MR) is 151 cm³/mol. The summed E-state index contributed by atoms with van der Waals surface area (Å²) in [5, 5.41) is 5.37. The molecule has 11 heteroatoms. The van der Waals surface area contributed by atoms with Crippen molar-refractivity contribution < 1.29 is 37.7 Å². The number of amides is 2. The molecule has 0 saturated heterocycles. The van der Waals surface area contributed by atoms with Gasteiger partial charge in [0.25, 0.3) is 5.91 Å². The first-order valence-corrected chi connectivity index (χ1v) is 13.0. The second-order valence-electron chi connectivity index (χ2n) is 10.5. The smallest absolute Gasteiger partial charge is 0.416 e. The number of carbonyl (C=O) groups excluding carboxylic acids is 2. The number of halogens is 3. The number of alkyl halides is 3. The fraction of sp³-hybridized carbons (Fsp3) is 0.355. The van der Waals surface area contributed by atoms with Gasteiger partial charge in [-0.25, -0.2) is 14.8 Å². The fourth-order valence-electron chi connectivity index (χ4n) is 4.05. The third kappa shape index (κ3) is 8.16. The molecule has 2 amide bonds. The Balaban J connectivity index is 1.52. The average Bonchev–Trinajstić information content (AvgIpc) is 2.93. The van der Waals surface area contributed by atoms with Crippen LogP contribution in [0.5, 0.6) is 0 Å². The first-order chi connectivity index (χ1) is 21.2. The first kappa shape index (κ1) is 25.5. The van der Waals surface area contributed by atoms with Crippen LogP contribution >= 0.6 is 0 Å². The van der Waals surface area contributed by atoms with Gasteiger partial charge in [-0.05, 0) is 80.1 Å². The number of nitrogens with one attached hydrogen (secondary N) is 2. The van der Waals surface area contributed by atoms with E-state index in [2.05, 4.69) is 20.6 Å². The summed E-state index contributed by atoms with van der Waals surface area (Å²) in [5.74, 6) is -0.592. The number of carbonyl (C=O) groups is 2. The lowest BCUT2D eigenvalue weighted by Gasteiger charge is -2.20. The molecule has 0 radical (unpaired) electrons. The van der Waals surface area contributed by atoms with Gasteiger partial charge in [0.15, 0.2) is 5.82 Å². The quantitative estimate of drug-likeness (QED) is 0.329. The molecule has 0 saturated carbocycles. The summed E-state index contributed by atoms with van der Waals surface area (Å²) in [5.41, 5.74) is 0.318. The van der Waals surface area contributed by atoms with E-state index < -0.39 is 48.5 Å². The number of aromatic nitrogens is 2. The maximum atomic E-state index is 13.6. The van der Waals surface area contributed by atoms with Gasteiger partial charge in [-0.3, -0.25) is 4.79 Å². The van der Waals surface area contributed by atoms with Gasteiger partial charge in [-0.2, -0.15) is 13.2 Å². The zero-order valence-electron chi connectivity index (χ0n) is 27.4. The Morgan fingerprint density at radius 2 is 1.86 bits per heavy atom. The lowest BCUT2D eigenvalue weighted by atomic mass is 9.95. The van der Waals surface area contributed by atoms with Gasteiger partial charge in [0.05, 0.1) is 30.2 Å². The second kappa shape index (κ2) is 12.7. The monoisotopic (exact) mass is 586 g/mol. The number of benzene rings is 2. The van der Waals surface area contributed by atoms with Crippen molar-refractivity contribution in [3.63, 3.8) is 0 Å². The van der Waals surface area contributed by atoms with Gasteiger partial charge < -0.3 is 20.1 Å². The second-order valence-corrected chi connectivity index (χ2v) is 10.5. The fourth-order valence-corrected chi connectivity index (χ4v) is 4.05. The number of hydrogen-bond acceptors (Lipinski definition) is 6. The summed E-state index contributed by atoms with van der Waals surface area (Å²) in [6, 6.07) is 10.6. The molecule has 0 bridgehead atoms. The third-order valence-electron chi connectivity index (χ3n) is 6.13. The summed E-state index contributed by atoms with van der Waals surface area (Å²) in [7, 11) is 0. The molecule has 1 atom stereocenters. The molecular weight excluding hydrogens is 549 g/mol. The van der Waals surface area contributed by atoms with Crippen molar-refractivity contribution >= 4 is 17.6 Å². The van der Waals surface area contributed by atoms with Crippen LogP contribution in [0, 0.1) is 0 Å². The van der Waals surface area contributed by atoms with Gasteiger partial charge in [0.1, 0.15) is 11.3 Å². The lowest BCUT2D eigenvalue weighted by molar-refractivity contribution is -0.137. The van der Waals surface area contributed by atoms with Crippen LogP contribution in [0.3, 0.4) is 0 Å². The van der Waals surface area contributed by atoms with Crippen LogP contribution in [-0.2, 0) is 22.2 Å². The minimum Gasteiger partial charge on any atom is -0.444 e. The molecular formula is C31H33F3N4O4. The Hall–Kier alpha value is -4.25. The van der Waals surface area contributed by atoms with Crippen LogP contribution in [0.1, 0.15) is 78.6 Å². The van der Waals surface area contributed by atoms with Crippen molar-refractivity contribution in [2.45, 2.75) is 58.5 Å². The van der Waals surface area contributed by atoms with Crippen LogP contribution < -0.4 is 10.6 Å². The van der Waals surface area contributed by atoms with Crippen molar-refractivity contribution in [3.05, 3.63) is 89.0 Å². The Labute approximate surface area is 248 Å². The first-order valence-electron chi connectivity index (χ1n) is 15.0. The van der Waals surface area contributed by atoms with Crippen molar-refractivity contribution in [2.24, 2.45) is 0 Å². The Kier molecular flexibility index (Phi) is 7.71. The SMILES string of the molecule is [2H]C1([2H])C=C(c2nccc(C(=O)N[C@H](C)c3ccc(-c4cc(C(F)(F)F)ccc4CNC(=O)OC(C)(C)C)cc3)n2)CC([2H])([2H])O1. The highest BCUT2D eigenvalue weighted by Gasteiger charge is 2.31. The summed E-state index contributed by atoms with van der Waals surface area (Å²) >= 11 is 0. The molecule has 8 nitrogen and oxygen atoms in total. The molecule has 2 heterocycles. The van der Waals surface area contributed by atoms with E-state index in [1.165, 1.54) is 18.3 Å². The van der Waals surface area contributed by atoms with Crippen molar-refractivity contribution in [1.29, 1.82) is 0 Å². The van der Waals surface area contributed by atoms with E-state index in [1.54, 1.807) is 52.0 Å². The normalized spacial score (nSPS) is 18.3. The maximum Gasteiger partial charge on any atom is 0.416 e. The highest BCUT2D eigenvalue weighted by Crippen LogP contribution is 2.34. The minimum atomic E-state index is -4.58. The molecule has 1 aliphatic rings. The highest BCUT2D eigenvalue weighted by atomic mass is 19.4. The minimum absolute atomic E-state index is 0.0150. The van der Waals surface area contributed by atoms with Crippen LogP contribution in [-0.4, -0.2) is 40.7 Å². The Bertz CT molecular complexity index is 1640. The summed E-state index contributed by atoms with van der Waals surface area (Å²) in [6.45, 7) is 2.04. The zero-order valence-corrected chi connectivity index (χ0v) is 23.4. The summed E-state index contributed by atoms with van der Waals surface area (Å²) < 4.78 is 82.0. The topological polar surface area (TPSA) is 102 Å². The Morgan fingerprint density at radius 3 is 2.52 bits per heavy atom. The van der Waals surface area contributed by atoms with E-state index >= 15 is 0 Å². The van der Waals surface area contributed by atoms with Crippen molar-refractivity contribution in [1.82, 2.24) is 20.6 Å². The van der Waals surface area contributed by atoms with Gasteiger partial charge in [0, 0.05) is 12.7 Å². The molecule has 0 fully saturated rings. The molecule has 3 aromatic rings. The van der Waals surface area contributed by atoms with E-state index in [-0.39, 0.29) is 35.6 Å². The predicted octanol–water partition coefficient (Wildman–Crippen LogP) is 6.48. The molecule has 2 aromatic carbocycles. The van der Waals surface area contributed by atoms with E-state index in [1.807, 2.05) is 0 Å². The van der Waals surface area contributed by atoms with Gasteiger partial charge in [-0.1, -0.05) is 36.4 Å². The van der Waals surface area contributed by atoms with Crippen LogP contribution in [0.25, 0.3) is 16.7 Å². The standard InChI is InChI=1S/C31H33F3N4O4/c1-19(37-28(39)26-11-14-35-27(38-26)22-12-15-41-16-13-22)20-5-7-21(8-6-20)25-17-24(31(32,33)34)10-9-23(25)18-36-29(40)42-30(2,3)4/h5-12,14,17,19H,13,15-16,18H2,1-4H3,(H,36,40)(H,37,39)/t19-/m1/s1/i15D2,16D2. The van der Waals surface area contributed by atoms with Crippen molar-refractivity contribution in [2.75, 3.05) is 13.1 Å². The lowest BCUT2D eigenvalue weighted by Crippen LogP contribution is -2.32. The molecule has 0 spiro atoms. The summed E-state index contributed by atoms with van der Waals surface area (Å²) in [4.78, 5) is 33.5. The van der Waals surface area contributed by atoms with Crippen LogP contribution in [0.4, 0.5) is 18.0 Å². The summed E-state index contributed by atoms with van der Waals surface area (Å²) in [6.07, 6.45) is -3.23.